The van der Waals surface area contributed by atoms with E-state index in [0.29, 0.717) is 5.56 Å². The van der Waals surface area contributed by atoms with Crippen LogP contribution in [0, 0.1) is 0 Å². The molecule has 0 spiro atoms. The molecule has 19 heavy (non-hydrogen) atoms. The number of hydrogen-bond donors (Lipinski definition) is 2. The molecule has 1 amide bonds. The molecule has 0 saturated heterocycles. The normalized spacial score (nSPS) is 11.9. The summed E-state index contributed by atoms with van der Waals surface area (Å²) in [5.74, 6) is -0.338. The van der Waals surface area contributed by atoms with E-state index in [2.05, 4.69) is 10.3 Å². The molecule has 2 aromatic rings. The molecule has 0 saturated carbocycles. The lowest BCUT2D eigenvalue weighted by Crippen LogP contribution is -2.31. The Morgan fingerprint density at radius 2 is 2.05 bits per heavy atom. The fourth-order valence-corrected chi connectivity index (χ4v) is 1.92. The number of nitrogens with one attached hydrogen (secondary N) is 1. The van der Waals surface area contributed by atoms with Gasteiger partial charge in [0.1, 0.15) is 0 Å². The lowest BCUT2D eigenvalue weighted by atomic mass is 10.1. The minimum absolute atomic E-state index is 0.182. The van der Waals surface area contributed by atoms with Gasteiger partial charge in [-0.2, -0.15) is 0 Å². The van der Waals surface area contributed by atoms with Crippen LogP contribution in [0.2, 0.25) is 5.02 Å². The Kier molecular flexibility index (Phi) is 4.49. The lowest BCUT2D eigenvalue weighted by Gasteiger charge is -2.17. The van der Waals surface area contributed by atoms with Crippen molar-refractivity contribution >= 4 is 17.5 Å². The summed E-state index contributed by atoms with van der Waals surface area (Å²) in [7, 11) is 0. The monoisotopic (exact) mass is 276 g/mol. The third-order valence-electron chi connectivity index (χ3n) is 2.71. The quantitative estimate of drug-likeness (QED) is 0.900. The number of pyridine rings is 1. The lowest BCUT2D eigenvalue weighted by molar-refractivity contribution is 0.0916. The Balaban J connectivity index is 2.16. The van der Waals surface area contributed by atoms with Crippen LogP contribution in [0.25, 0.3) is 0 Å². The smallest absolute Gasteiger partial charge is 0.253 e. The molecule has 2 rings (SSSR count). The second-order valence-corrected chi connectivity index (χ2v) is 4.38. The Morgan fingerprint density at radius 3 is 2.68 bits per heavy atom. The molecule has 0 fully saturated rings. The van der Waals surface area contributed by atoms with E-state index in [1.54, 1.807) is 0 Å². The van der Waals surface area contributed by atoms with Crippen molar-refractivity contribution < 1.29 is 9.90 Å². The van der Waals surface area contributed by atoms with Gasteiger partial charge < -0.3 is 10.4 Å². The zero-order valence-electron chi connectivity index (χ0n) is 10.1. The molecule has 4 nitrogen and oxygen atoms in total. The highest BCUT2D eigenvalue weighted by atomic mass is 35.5. The summed E-state index contributed by atoms with van der Waals surface area (Å²) < 4.78 is 0. The number of benzene rings is 1. The molecule has 0 aliphatic carbocycles. The Morgan fingerprint density at radius 1 is 1.32 bits per heavy atom. The van der Waals surface area contributed by atoms with Crippen molar-refractivity contribution in [3.63, 3.8) is 0 Å². The Labute approximate surface area is 116 Å². The van der Waals surface area contributed by atoms with Gasteiger partial charge >= 0.3 is 0 Å². The van der Waals surface area contributed by atoms with Crippen LogP contribution < -0.4 is 5.32 Å². The molecule has 1 atom stereocenters. The molecule has 0 radical (unpaired) electrons. The van der Waals surface area contributed by atoms with Gasteiger partial charge in [-0.25, -0.2) is 0 Å². The van der Waals surface area contributed by atoms with Gasteiger partial charge in [-0.05, 0) is 11.6 Å². The van der Waals surface area contributed by atoms with Crippen molar-refractivity contribution in [2.45, 2.75) is 6.04 Å². The summed E-state index contributed by atoms with van der Waals surface area (Å²) in [6.45, 7) is -0.182. The molecule has 0 bridgehead atoms. The van der Waals surface area contributed by atoms with Gasteiger partial charge in [-0.3, -0.25) is 9.78 Å². The average molecular weight is 277 g/mol. The largest absolute Gasteiger partial charge is 0.394 e. The van der Waals surface area contributed by atoms with Gasteiger partial charge in [0.25, 0.3) is 5.91 Å². The first-order valence-corrected chi connectivity index (χ1v) is 6.16. The maximum Gasteiger partial charge on any atom is 0.253 e. The molecule has 1 heterocycles. The van der Waals surface area contributed by atoms with E-state index in [4.69, 9.17) is 11.6 Å². The zero-order chi connectivity index (χ0) is 13.7. The fourth-order valence-electron chi connectivity index (χ4n) is 1.72. The van der Waals surface area contributed by atoms with Crippen LogP contribution in [0.15, 0.2) is 48.8 Å². The third-order valence-corrected chi connectivity index (χ3v) is 3.01. The van der Waals surface area contributed by atoms with Crippen molar-refractivity contribution in [3.8, 4) is 0 Å². The van der Waals surface area contributed by atoms with Crippen LogP contribution in [-0.2, 0) is 0 Å². The molecule has 5 heteroatoms. The highest BCUT2D eigenvalue weighted by molar-refractivity contribution is 6.33. The third kappa shape index (κ3) is 3.30. The van der Waals surface area contributed by atoms with Crippen molar-refractivity contribution in [2.24, 2.45) is 0 Å². The number of halogens is 1. The van der Waals surface area contributed by atoms with E-state index < -0.39 is 6.04 Å². The Bertz CT molecular complexity index is 560. The molecular weight excluding hydrogens is 264 g/mol. The summed E-state index contributed by atoms with van der Waals surface area (Å²) >= 11 is 5.91. The first kappa shape index (κ1) is 13.5. The van der Waals surface area contributed by atoms with Gasteiger partial charge in [0.2, 0.25) is 0 Å². The number of aliphatic hydroxyl groups is 1. The highest BCUT2D eigenvalue weighted by Crippen LogP contribution is 2.16. The molecule has 0 aliphatic heterocycles. The van der Waals surface area contributed by atoms with E-state index >= 15 is 0 Å². The predicted octanol–water partition coefficient (Wildman–Crippen LogP) is 2.20. The number of aromatic nitrogens is 1. The number of carbonyl (C=O) groups excluding carboxylic acids is 1. The van der Waals surface area contributed by atoms with E-state index in [1.165, 1.54) is 18.5 Å². The van der Waals surface area contributed by atoms with Crippen LogP contribution >= 0.6 is 11.6 Å². The summed E-state index contributed by atoms with van der Waals surface area (Å²) in [5.41, 5.74) is 1.18. The van der Waals surface area contributed by atoms with Crippen molar-refractivity contribution in [1.82, 2.24) is 10.3 Å². The van der Waals surface area contributed by atoms with Crippen molar-refractivity contribution in [3.05, 3.63) is 64.9 Å². The summed E-state index contributed by atoms with van der Waals surface area (Å²) in [4.78, 5) is 15.9. The van der Waals surface area contributed by atoms with Gasteiger partial charge in [-0.1, -0.05) is 41.9 Å². The number of rotatable bonds is 4. The SMILES string of the molecule is O=C(N[C@H](CO)c1ccccc1)c1ccncc1Cl. The van der Waals surface area contributed by atoms with E-state index in [0.717, 1.165) is 5.56 Å². The molecule has 1 aromatic heterocycles. The second-order valence-electron chi connectivity index (χ2n) is 3.97. The highest BCUT2D eigenvalue weighted by Gasteiger charge is 2.16. The maximum atomic E-state index is 12.1. The van der Waals surface area contributed by atoms with Crippen LogP contribution in [0.5, 0.6) is 0 Å². The molecule has 98 valence electrons. The van der Waals surface area contributed by atoms with E-state index in [1.807, 2.05) is 30.3 Å². The van der Waals surface area contributed by atoms with Gasteiger partial charge in [0.15, 0.2) is 0 Å². The second kappa shape index (κ2) is 6.31. The van der Waals surface area contributed by atoms with Crippen molar-refractivity contribution in [2.75, 3.05) is 6.61 Å². The molecule has 0 aliphatic rings. The van der Waals surface area contributed by atoms with Crippen LogP contribution in [0.3, 0.4) is 0 Å². The first-order chi connectivity index (χ1) is 9.22. The van der Waals surface area contributed by atoms with Crippen molar-refractivity contribution in [1.29, 1.82) is 0 Å². The van der Waals surface area contributed by atoms with E-state index in [9.17, 15) is 9.90 Å². The maximum absolute atomic E-state index is 12.1. The minimum atomic E-state index is -0.460. The van der Waals surface area contributed by atoms with Crippen LogP contribution in [0.1, 0.15) is 22.0 Å². The standard InChI is InChI=1S/C14H13ClN2O2/c15-12-8-16-7-6-11(12)14(19)17-13(9-18)10-4-2-1-3-5-10/h1-8,13,18H,9H2,(H,17,19)/t13-/m1/s1. The topological polar surface area (TPSA) is 62.2 Å². The average Bonchev–Trinajstić information content (AvgIpc) is 2.46. The minimum Gasteiger partial charge on any atom is -0.394 e. The predicted molar refractivity (Wildman–Crippen MR) is 73.0 cm³/mol. The Hall–Kier alpha value is -1.91. The van der Waals surface area contributed by atoms with Gasteiger partial charge in [-0.15, -0.1) is 0 Å². The first-order valence-electron chi connectivity index (χ1n) is 5.78. The number of aliphatic hydroxyl groups excluding tert-OH is 1. The van der Waals surface area contributed by atoms with E-state index in [-0.39, 0.29) is 17.5 Å². The number of carbonyl (C=O) groups is 1. The number of hydrogen-bond acceptors (Lipinski definition) is 3. The molecule has 1 aromatic carbocycles. The molecule has 2 N–H and O–H groups in total. The number of amides is 1. The summed E-state index contributed by atoms with van der Waals surface area (Å²) in [6.07, 6.45) is 2.91. The number of nitrogens with zero attached hydrogens (tertiary/aromatic N) is 1. The molecular formula is C14H13ClN2O2. The summed E-state index contributed by atoms with van der Waals surface area (Å²) in [6, 6.07) is 10.3. The fraction of sp³-hybridized carbons (Fsp3) is 0.143. The van der Waals surface area contributed by atoms with Crippen LogP contribution in [-0.4, -0.2) is 22.6 Å². The summed E-state index contributed by atoms with van der Waals surface area (Å²) in [5, 5.41) is 12.4. The van der Waals surface area contributed by atoms with Crippen LogP contribution in [0.4, 0.5) is 0 Å². The van der Waals surface area contributed by atoms with Gasteiger partial charge in [0, 0.05) is 12.4 Å². The molecule has 0 unspecified atom stereocenters. The van der Waals surface area contributed by atoms with Gasteiger partial charge in [0.05, 0.1) is 23.2 Å². The zero-order valence-corrected chi connectivity index (χ0v) is 10.8.